The van der Waals surface area contributed by atoms with Crippen LogP contribution in [0.2, 0.25) is 0 Å². The van der Waals surface area contributed by atoms with Crippen LogP contribution in [0.1, 0.15) is 13.8 Å². The van der Waals surface area contributed by atoms with Crippen molar-refractivity contribution >= 4 is 23.2 Å². The SMILES string of the molecule is C=CC(C)C(O)C(C)(CCl)CCl. The van der Waals surface area contributed by atoms with Gasteiger partial charge in [-0.25, -0.2) is 0 Å². The highest BCUT2D eigenvalue weighted by molar-refractivity contribution is 6.21. The van der Waals surface area contributed by atoms with Crippen molar-refractivity contribution in [1.29, 1.82) is 0 Å². The first kappa shape index (κ1) is 12.3. The summed E-state index contributed by atoms with van der Waals surface area (Å²) in [6.45, 7) is 7.39. The predicted molar refractivity (Wildman–Crippen MR) is 54.9 cm³/mol. The largest absolute Gasteiger partial charge is 0.392 e. The van der Waals surface area contributed by atoms with Gasteiger partial charge in [0.05, 0.1) is 6.10 Å². The van der Waals surface area contributed by atoms with Crippen molar-refractivity contribution in [3.63, 3.8) is 0 Å². The molecule has 12 heavy (non-hydrogen) atoms. The molecule has 0 aliphatic rings. The summed E-state index contributed by atoms with van der Waals surface area (Å²) in [5, 5.41) is 9.80. The Labute approximate surface area is 84.4 Å². The van der Waals surface area contributed by atoms with E-state index in [1.807, 2.05) is 13.8 Å². The minimum atomic E-state index is -0.523. The van der Waals surface area contributed by atoms with Gasteiger partial charge in [0.1, 0.15) is 0 Å². The molecule has 72 valence electrons. The molecular weight excluding hydrogens is 195 g/mol. The normalized spacial score (nSPS) is 17.1. The summed E-state index contributed by atoms with van der Waals surface area (Å²) in [7, 11) is 0. The monoisotopic (exact) mass is 210 g/mol. The zero-order valence-electron chi connectivity index (χ0n) is 7.56. The van der Waals surface area contributed by atoms with Crippen LogP contribution in [0.5, 0.6) is 0 Å². The van der Waals surface area contributed by atoms with E-state index in [-0.39, 0.29) is 5.92 Å². The van der Waals surface area contributed by atoms with Gasteiger partial charge in [0.15, 0.2) is 0 Å². The number of alkyl halides is 2. The second-order valence-electron chi connectivity index (χ2n) is 3.46. The Balaban J connectivity index is 4.39. The minimum absolute atomic E-state index is 0.0208. The first-order chi connectivity index (χ1) is 5.51. The molecule has 1 nitrogen and oxygen atoms in total. The molecule has 0 aliphatic heterocycles. The summed E-state index contributed by atoms with van der Waals surface area (Å²) in [4.78, 5) is 0. The fourth-order valence-corrected chi connectivity index (χ4v) is 1.56. The lowest BCUT2D eigenvalue weighted by Crippen LogP contribution is -2.39. The topological polar surface area (TPSA) is 20.2 Å². The first-order valence-corrected chi connectivity index (χ1v) is 5.01. The molecular formula is C9H16Cl2O. The van der Waals surface area contributed by atoms with E-state index in [0.717, 1.165) is 0 Å². The molecule has 2 atom stereocenters. The predicted octanol–water partition coefficient (Wildman–Crippen LogP) is 2.65. The summed E-state index contributed by atoms with van der Waals surface area (Å²) in [5.41, 5.74) is -0.420. The van der Waals surface area contributed by atoms with Crippen LogP contribution in [0.4, 0.5) is 0 Å². The van der Waals surface area contributed by atoms with Crippen LogP contribution in [-0.4, -0.2) is 23.0 Å². The second kappa shape index (κ2) is 5.11. The molecule has 0 aromatic carbocycles. The standard InChI is InChI=1S/C9H16Cl2O/c1-4-7(2)8(12)9(3,5-10)6-11/h4,7-8,12H,1,5-6H2,2-3H3. The summed E-state index contributed by atoms with van der Waals surface area (Å²) >= 11 is 11.5. The van der Waals surface area contributed by atoms with Gasteiger partial charge in [0.25, 0.3) is 0 Å². The second-order valence-corrected chi connectivity index (χ2v) is 4.00. The van der Waals surface area contributed by atoms with Crippen molar-refractivity contribution < 1.29 is 5.11 Å². The van der Waals surface area contributed by atoms with Gasteiger partial charge in [-0.05, 0) is 0 Å². The van der Waals surface area contributed by atoms with Crippen LogP contribution in [0.15, 0.2) is 12.7 Å². The van der Waals surface area contributed by atoms with Gasteiger partial charge >= 0.3 is 0 Å². The molecule has 0 spiro atoms. The Morgan fingerprint density at radius 1 is 1.50 bits per heavy atom. The van der Waals surface area contributed by atoms with Crippen molar-refractivity contribution in [3.8, 4) is 0 Å². The van der Waals surface area contributed by atoms with Gasteiger partial charge in [-0.2, -0.15) is 0 Å². The van der Waals surface area contributed by atoms with Crippen LogP contribution in [0.25, 0.3) is 0 Å². The molecule has 0 saturated carbocycles. The minimum Gasteiger partial charge on any atom is -0.392 e. The van der Waals surface area contributed by atoms with E-state index in [9.17, 15) is 5.11 Å². The van der Waals surface area contributed by atoms with Crippen LogP contribution in [0.3, 0.4) is 0 Å². The summed E-state index contributed by atoms with van der Waals surface area (Å²) in [6, 6.07) is 0. The molecule has 0 bridgehead atoms. The number of aliphatic hydroxyl groups is 1. The molecule has 1 N–H and O–H groups in total. The fraction of sp³-hybridized carbons (Fsp3) is 0.778. The van der Waals surface area contributed by atoms with Crippen molar-refractivity contribution in [2.75, 3.05) is 11.8 Å². The van der Waals surface area contributed by atoms with Crippen molar-refractivity contribution in [2.24, 2.45) is 11.3 Å². The maximum atomic E-state index is 9.80. The molecule has 0 amide bonds. The van der Waals surface area contributed by atoms with Crippen molar-refractivity contribution in [1.82, 2.24) is 0 Å². The van der Waals surface area contributed by atoms with Gasteiger partial charge in [0, 0.05) is 23.1 Å². The molecule has 3 heteroatoms. The van der Waals surface area contributed by atoms with E-state index in [4.69, 9.17) is 23.2 Å². The van der Waals surface area contributed by atoms with Crippen LogP contribution >= 0.6 is 23.2 Å². The number of hydrogen-bond donors (Lipinski definition) is 1. The Hall–Kier alpha value is 0.280. The molecule has 2 unspecified atom stereocenters. The number of rotatable bonds is 5. The molecule has 0 saturated heterocycles. The molecule has 0 rings (SSSR count). The van der Waals surface area contributed by atoms with Gasteiger partial charge in [0.2, 0.25) is 0 Å². The van der Waals surface area contributed by atoms with E-state index < -0.39 is 11.5 Å². The van der Waals surface area contributed by atoms with Crippen molar-refractivity contribution in [2.45, 2.75) is 20.0 Å². The molecule has 0 fully saturated rings. The average Bonchev–Trinajstić information content (AvgIpc) is 2.14. The third-order valence-electron chi connectivity index (χ3n) is 2.19. The van der Waals surface area contributed by atoms with E-state index in [0.29, 0.717) is 11.8 Å². The highest BCUT2D eigenvalue weighted by atomic mass is 35.5. The zero-order chi connectivity index (χ0) is 9.78. The average molecular weight is 211 g/mol. The lowest BCUT2D eigenvalue weighted by atomic mass is 9.82. The van der Waals surface area contributed by atoms with Crippen LogP contribution in [-0.2, 0) is 0 Å². The summed E-state index contributed by atoms with van der Waals surface area (Å²) < 4.78 is 0. The Bertz CT molecular complexity index is 143. The molecule has 0 aromatic heterocycles. The highest BCUT2D eigenvalue weighted by Crippen LogP contribution is 2.29. The molecule has 0 heterocycles. The summed E-state index contributed by atoms with van der Waals surface area (Å²) in [6.07, 6.45) is 1.19. The van der Waals surface area contributed by atoms with Gasteiger partial charge in [-0.15, -0.1) is 29.8 Å². The van der Waals surface area contributed by atoms with Crippen LogP contribution < -0.4 is 0 Å². The first-order valence-electron chi connectivity index (χ1n) is 3.94. The lowest BCUT2D eigenvalue weighted by molar-refractivity contribution is 0.0382. The van der Waals surface area contributed by atoms with E-state index >= 15 is 0 Å². The Morgan fingerprint density at radius 2 is 1.92 bits per heavy atom. The third kappa shape index (κ3) is 2.65. The van der Waals surface area contributed by atoms with Gasteiger partial charge in [-0.3, -0.25) is 0 Å². The van der Waals surface area contributed by atoms with E-state index in [2.05, 4.69) is 6.58 Å². The maximum absolute atomic E-state index is 9.80. The van der Waals surface area contributed by atoms with Crippen molar-refractivity contribution in [3.05, 3.63) is 12.7 Å². The molecule has 0 radical (unpaired) electrons. The Kier molecular flexibility index (Phi) is 5.22. The van der Waals surface area contributed by atoms with E-state index in [1.54, 1.807) is 6.08 Å². The summed E-state index contributed by atoms with van der Waals surface area (Å²) in [5.74, 6) is 0.735. The number of aliphatic hydroxyl groups excluding tert-OH is 1. The number of halogens is 2. The molecule has 0 aliphatic carbocycles. The third-order valence-corrected chi connectivity index (χ3v) is 3.42. The highest BCUT2D eigenvalue weighted by Gasteiger charge is 2.33. The van der Waals surface area contributed by atoms with E-state index in [1.165, 1.54) is 0 Å². The van der Waals surface area contributed by atoms with Gasteiger partial charge < -0.3 is 5.11 Å². The maximum Gasteiger partial charge on any atom is 0.0676 e. The fourth-order valence-electron chi connectivity index (χ4n) is 0.957. The zero-order valence-corrected chi connectivity index (χ0v) is 9.07. The van der Waals surface area contributed by atoms with Crippen LogP contribution in [0, 0.1) is 11.3 Å². The quantitative estimate of drug-likeness (QED) is 0.547. The smallest absolute Gasteiger partial charge is 0.0676 e. The number of hydrogen-bond acceptors (Lipinski definition) is 1. The Morgan fingerprint density at radius 3 is 2.17 bits per heavy atom. The lowest BCUT2D eigenvalue weighted by Gasteiger charge is -2.33. The molecule has 0 aromatic rings. The van der Waals surface area contributed by atoms with Gasteiger partial charge in [-0.1, -0.05) is 19.9 Å².